The summed E-state index contributed by atoms with van der Waals surface area (Å²) >= 11 is 0. The van der Waals surface area contributed by atoms with Crippen molar-refractivity contribution < 1.29 is 18.3 Å². The molecule has 1 aromatic rings. The Labute approximate surface area is 124 Å². The van der Waals surface area contributed by atoms with Crippen molar-refractivity contribution in [2.24, 2.45) is 0 Å². The minimum atomic E-state index is -3.85. The van der Waals surface area contributed by atoms with E-state index in [-0.39, 0.29) is 29.1 Å². The van der Waals surface area contributed by atoms with E-state index in [9.17, 15) is 18.3 Å². The Kier molecular flexibility index (Phi) is 4.10. The second-order valence-electron chi connectivity index (χ2n) is 6.12. The number of rotatable bonds is 4. The quantitative estimate of drug-likeness (QED) is 0.849. The normalized spacial score (nSPS) is 18.7. The summed E-state index contributed by atoms with van der Waals surface area (Å²) in [4.78, 5) is 12.2. The summed E-state index contributed by atoms with van der Waals surface area (Å²) in [5.41, 5.74) is -0.0360. The summed E-state index contributed by atoms with van der Waals surface area (Å²) in [6.07, 6.45) is -0.961. The molecule has 1 amide bonds. The average Bonchev–Trinajstić information content (AvgIpc) is 2.58. The van der Waals surface area contributed by atoms with Gasteiger partial charge < -0.3 is 10.4 Å². The van der Waals surface area contributed by atoms with Crippen molar-refractivity contribution in [2.45, 2.75) is 37.3 Å². The highest BCUT2D eigenvalue weighted by Gasteiger charge is 2.41. The van der Waals surface area contributed by atoms with Crippen LogP contribution in [0.4, 0.5) is 0 Å². The highest BCUT2D eigenvalue weighted by Crippen LogP contribution is 2.29. The van der Waals surface area contributed by atoms with E-state index in [0.29, 0.717) is 0 Å². The van der Waals surface area contributed by atoms with Gasteiger partial charge in [0.15, 0.2) is 0 Å². The lowest BCUT2D eigenvalue weighted by Crippen LogP contribution is -2.46. The lowest BCUT2D eigenvalue weighted by Gasteiger charge is -2.25. The second-order valence-corrected chi connectivity index (χ2v) is 7.95. The Balaban J connectivity index is 2.14. The fourth-order valence-corrected chi connectivity index (χ4v) is 3.70. The third-order valence-electron chi connectivity index (χ3n) is 3.16. The maximum atomic E-state index is 12.3. The van der Waals surface area contributed by atoms with E-state index in [1.54, 1.807) is 12.1 Å². The molecule has 0 fully saturated rings. The average molecular weight is 312 g/mol. The lowest BCUT2D eigenvalue weighted by molar-refractivity contribution is 0.0785. The van der Waals surface area contributed by atoms with E-state index < -0.39 is 22.0 Å². The monoisotopic (exact) mass is 312 g/mol. The fraction of sp³-hybridized carbons (Fsp3) is 0.500. The van der Waals surface area contributed by atoms with Gasteiger partial charge in [0.25, 0.3) is 15.9 Å². The molecule has 0 radical (unpaired) electrons. The van der Waals surface area contributed by atoms with Gasteiger partial charge in [-0.1, -0.05) is 12.1 Å². The van der Waals surface area contributed by atoms with Gasteiger partial charge in [-0.2, -0.15) is 0 Å². The van der Waals surface area contributed by atoms with E-state index in [2.05, 4.69) is 5.32 Å². The van der Waals surface area contributed by atoms with Crippen LogP contribution in [-0.2, 0) is 10.0 Å². The van der Waals surface area contributed by atoms with Crippen LogP contribution in [0.1, 0.15) is 31.1 Å². The highest BCUT2D eigenvalue weighted by molar-refractivity contribution is 7.90. The zero-order valence-electron chi connectivity index (χ0n) is 12.3. The number of carbonyl (C=O) groups excluding carboxylic acids is 1. The SMILES string of the molecule is CC(C)(C)NCC(O)CN1C(=O)c2ccccc2S1(=O)=O. The number of aliphatic hydroxyl groups excluding tert-OH is 1. The number of hydrogen-bond acceptors (Lipinski definition) is 5. The zero-order valence-corrected chi connectivity index (χ0v) is 13.1. The van der Waals surface area contributed by atoms with E-state index in [1.165, 1.54) is 12.1 Å². The van der Waals surface area contributed by atoms with Gasteiger partial charge in [0.2, 0.25) is 0 Å². The predicted molar refractivity (Wildman–Crippen MR) is 78.4 cm³/mol. The molecule has 1 aromatic carbocycles. The van der Waals surface area contributed by atoms with Crippen LogP contribution in [0, 0.1) is 0 Å². The van der Waals surface area contributed by atoms with Crippen molar-refractivity contribution >= 4 is 15.9 Å². The van der Waals surface area contributed by atoms with Crippen molar-refractivity contribution in [3.05, 3.63) is 29.8 Å². The van der Waals surface area contributed by atoms with Gasteiger partial charge in [-0.25, -0.2) is 12.7 Å². The molecule has 0 saturated heterocycles. The van der Waals surface area contributed by atoms with Crippen molar-refractivity contribution in [3.8, 4) is 0 Å². The first kappa shape index (κ1) is 15.9. The number of nitrogens with zero attached hydrogens (tertiary/aromatic N) is 1. The summed E-state index contributed by atoms with van der Waals surface area (Å²) in [5, 5.41) is 13.1. The van der Waals surface area contributed by atoms with Gasteiger partial charge in [-0.3, -0.25) is 4.79 Å². The van der Waals surface area contributed by atoms with E-state index in [0.717, 1.165) is 4.31 Å². The van der Waals surface area contributed by atoms with E-state index in [1.807, 2.05) is 20.8 Å². The molecule has 2 rings (SSSR count). The minimum absolute atomic E-state index is 0.00554. The van der Waals surface area contributed by atoms with Crippen LogP contribution in [0.15, 0.2) is 29.2 Å². The van der Waals surface area contributed by atoms with Crippen LogP contribution in [0.2, 0.25) is 0 Å². The van der Waals surface area contributed by atoms with Crippen LogP contribution in [0.5, 0.6) is 0 Å². The Hall–Kier alpha value is -1.44. The number of sulfonamides is 1. The summed E-state index contributed by atoms with van der Waals surface area (Å²) in [5.74, 6) is -0.583. The van der Waals surface area contributed by atoms with E-state index >= 15 is 0 Å². The lowest BCUT2D eigenvalue weighted by atomic mass is 10.1. The Bertz CT molecular complexity index is 649. The van der Waals surface area contributed by atoms with Crippen molar-refractivity contribution in [1.29, 1.82) is 0 Å². The van der Waals surface area contributed by atoms with Gasteiger partial charge in [-0.05, 0) is 32.9 Å². The Morgan fingerprint density at radius 1 is 1.29 bits per heavy atom. The first-order valence-electron chi connectivity index (χ1n) is 6.72. The molecule has 1 atom stereocenters. The number of hydrogen-bond donors (Lipinski definition) is 2. The molecule has 0 saturated carbocycles. The zero-order chi connectivity index (χ0) is 15.8. The molecule has 1 aliphatic rings. The maximum Gasteiger partial charge on any atom is 0.269 e. The molecule has 1 heterocycles. The number of amides is 1. The van der Waals surface area contributed by atoms with Gasteiger partial charge in [0, 0.05) is 12.1 Å². The molecular formula is C14H20N2O4S. The molecule has 6 nitrogen and oxygen atoms in total. The summed E-state index contributed by atoms with van der Waals surface area (Å²) in [6, 6.07) is 6.08. The highest BCUT2D eigenvalue weighted by atomic mass is 32.2. The first-order valence-corrected chi connectivity index (χ1v) is 8.16. The molecule has 1 unspecified atom stereocenters. The molecule has 21 heavy (non-hydrogen) atoms. The minimum Gasteiger partial charge on any atom is -0.390 e. The third kappa shape index (κ3) is 3.25. The van der Waals surface area contributed by atoms with Crippen LogP contribution in [0.25, 0.3) is 0 Å². The van der Waals surface area contributed by atoms with Crippen molar-refractivity contribution in [3.63, 3.8) is 0 Å². The first-order chi connectivity index (χ1) is 9.63. The summed E-state index contributed by atoms with van der Waals surface area (Å²) < 4.78 is 25.4. The largest absolute Gasteiger partial charge is 0.390 e. The predicted octanol–water partition coefficient (Wildman–Crippen LogP) is 0.580. The summed E-state index contributed by atoms with van der Waals surface area (Å²) in [7, 11) is -3.85. The molecule has 0 aliphatic carbocycles. The van der Waals surface area contributed by atoms with Crippen molar-refractivity contribution in [2.75, 3.05) is 13.1 Å². The molecule has 0 aromatic heterocycles. The molecular weight excluding hydrogens is 292 g/mol. The number of aliphatic hydroxyl groups is 1. The molecule has 0 spiro atoms. The summed E-state index contributed by atoms with van der Waals surface area (Å²) in [6.45, 7) is 5.77. The fourth-order valence-electron chi connectivity index (χ4n) is 2.09. The second kappa shape index (κ2) is 5.40. The van der Waals surface area contributed by atoms with Crippen LogP contribution >= 0.6 is 0 Å². The molecule has 1 aliphatic heterocycles. The Morgan fingerprint density at radius 3 is 2.48 bits per heavy atom. The molecule has 7 heteroatoms. The number of fused-ring (bicyclic) bond motifs is 1. The molecule has 0 bridgehead atoms. The number of carbonyl (C=O) groups is 1. The van der Waals surface area contributed by atoms with Gasteiger partial charge in [0.1, 0.15) is 4.90 Å². The smallest absolute Gasteiger partial charge is 0.269 e. The number of nitrogens with one attached hydrogen (secondary N) is 1. The topological polar surface area (TPSA) is 86.7 Å². The number of β-amino-alcohol motifs (C(OH)–C–C–N with tert-alkyl or cyclic N) is 1. The van der Waals surface area contributed by atoms with Gasteiger partial charge >= 0.3 is 0 Å². The molecule has 116 valence electrons. The van der Waals surface area contributed by atoms with Gasteiger partial charge in [-0.15, -0.1) is 0 Å². The van der Waals surface area contributed by atoms with Crippen molar-refractivity contribution in [1.82, 2.24) is 9.62 Å². The molecule has 2 N–H and O–H groups in total. The van der Waals surface area contributed by atoms with Crippen LogP contribution < -0.4 is 5.32 Å². The van der Waals surface area contributed by atoms with Crippen LogP contribution in [0.3, 0.4) is 0 Å². The number of benzene rings is 1. The third-order valence-corrected chi connectivity index (χ3v) is 4.96. The van der Waals surface area contributed by atoms with Gasteiger partial charge in [0.05, 0.1) is 18.2 Å². The maximum absolute atomic E-state index is 12.3. The van der Waals surface area contributed by atoms with Crippen LogP contribution in [-0.4, -0.2) is 48.5 Å². The van der Waals surface area contributed by atoms with E-state index in [4.69, 9.17) is 0 Å². The Morgan fingerprint density at radius 2 is 1.90 bits per heavy atom. The standard InChI is InChI=1S/C14H20N2O4S/c1-14(2,3)15-8-10(17)9-16-13(18)11-6-4-5-7-12(11)21(16,19)20/h4-7,10,15,17H,8-9H2,1-3H3.